The third kappa shape index (κ3) is 2.50. The summed E-state index contributed by atoms with van der Waals surface area (Å²) in [7, 11) is 1.75. The molecular weight excluding hydrogens is 328 g/mol. The molecule has 2 atom stereocenters. The zero-order chi connectivity index (χ0) is 16.7. The maximum Gasteiger partial charge on any atom is 0.231 e. The molecule has 1 aromatic carbocycles. The van der Waals surface area contributed by atoms with E-state index in [0.29, 0.717) is 17.2 Å². The van der Waals surface area contributed by atoms with E-state index in [9.17, 15) is 9.59 Å². The predicted octanol–water partition coefficient (Wildman–Crippen LogP) is 2.63. The molecule has 0 bridgehead atoms. The molecule has 0 radical (unpaired) electrons. The number of benzene rings is 1. The Kier molecular flexibility index (Phi) is 3.65. The lowest BCUT2D eigenvalue weighted by Gasteiger charge is -2.23. The van der Waals surface area contributed by atoms with Crippen LogP contribution in [0.15, 0.2) is 35.7 Å². The molecule has 4 rings (SSSR count). The van der Waals surface area contributed by atoms with E-state index in [1.54, 1.807) is 41.5 Å². The van der Waals surface area contributed by atoms with Gasteiger partial charge in [-0.25, -0.2) is 0 Å². The van der Waals surface area contributed by atoms with Crippen LogP contribution in [-0.2, 0) is 9.59 Å². The van der Waals surface area contributed by atoms with Crippen LogP contribution >= 0.6 is 11.3 Å². The van der Waals surface area contributed by atoms with Crippen LogP contribution in [0.3, 0.4) is 0 Å². The number of nitrogens with zero attached hydrogens (tertiary/aromatic N) is 1. The van der Waals surface area contributed by atoms with Crippen LogP contribution in [0.2, 0.25) is 0 Å². The fourth-order valence-electron chi connectivity index (χ4n) is 3.16. The number of nitrogens with one attached hydrogen (secondary N) is 1. The topological polar surface area (TPSA) is 67.9 Å². The summed E-state index contributed by atoms with van der Waals surface area (Å²) in [5, 5.41) is 4.85. The Hall–Kier alpha value is -2.54. The van der Waals surface area contributed by atoms with Gasteiger partial charge in [0.15, 0.2) is 11.5 Å². The van der Waals surface area contributed by atoms with Crippen molar-refractivity contribution in [3.63, 3.8) is 0 Å². The Bertz CT molecular complexity index is 790. The second kappa shape index (κ2) is 5.83. The third-order valence-corrected chi connectivity index (χ3v) is 5.34. The van der Waals surface area contributed by atoms with Gasteiger partial charge in [-0.3, -0.25) is 9.59 Å². The molecule has 2 aromatic rings. The van der Waals surface area contributed by atoms with E-state index in [0.717, 1.165) is 4.88 Å². The van der Waals surface area contributed by atoms with Gasteiger partial charge in [0.2, 0.25) is 18.6 Å². The molecule has 3 heterocycles. The zero-order valence-corrected chi connectivity index (χ0v) is 13.8. The van der Waals surface area contributed by atoms with Crippen molar-refractivity contribution in [3.8, 4) is 11.5 Å². The van der Waals surface area contributed by atoms with Gasteiger partial charge in [0.1, 0.15) is 0 Å². The van der Waals surface area contributed by atoms with Crippen molar-refractivity contribution >= 4 is 28.8 Å². The molecular formula is C17H16N2O4S. The highest BCUT2D eigenvalue weighted by Gasteiger charge is 2.43. The molecule has 1 fully saturated rings. The molecule has 0 spiro atoms. The second-order valence-electron chi connectivity index (χ2n) is 5.83. The fraction of sp³-hybridized carbons (Fsp3) is 0.294. The molecule has 124 valence electrons. The lowest BCUT2D eigenvalue weighted by atomic mass is 9.98. The number of ether oxygens (including phenoxy) is 2. The normalized spacial score (nSPS) is 22.0. The molecule has 0 saturated carbocycles. The summed E-state index contributed by atoms with van der Waals surface area (Å²) in [4.78, 5) is 27.6. The van der Waals surface area contributed by atoms with Gasteiger partial charge in [-0.15, -0.1) is 11.3 Å². The molecule has 2 aliphatic rings. The highest BCUT2D eigenvalue weighted by Crippen LogP contribution is 2.40. The van der Waals surface area contributed by atoms with E-state index >= 15 is 0 Å². The van der Waals surface area contributed by atoms with Crippen LogP contribution in [0.1, 0.15) is 17.3 Å². The van der Waals surface area contributed by atoms with Gasteiger partial charge < -0.3 is 19.7 Å². The summed E-state index contributed by atoms with van der Waals surface area (Å²) >= 11 is 1.56. The SMILES string of the molecule is CN1C(=O)C[C@H](C(=O)Nc2ccc3c(c2)OCO3)[C@H]1c1cccs1. The number of anilines is 1. The minimum atomic E-state index is -0.411. The Balaban J connectivity index is 1.56. The van der Waals surface area contributed by atoms with Crippen LogP contribution in [0.4, 0.5) is 5.69 Å². The first-order chi connectivity index (χ1) is 11.6. The molecule has 0 unspecified atom stereocenters. The van der Waals surface area contributed by atoms with Crippen molar-refractivity contribution in [1.29, 1.82) is 0 Å². The third-order valence-electron chi connectivity index (χ3n) is 4.40. The Labute approximate surface area is 143 Å². The lowest BCUT2D eigenvalue weighted by molar-refractivity contribution is -0.127. The van der Waals surface area contributed by atoms with Crippen LogP contribution in [0, 0.1) is 5.92 Å². The molecule has 7 heteroatoms. The van der Waals surface area contributed by atoms with Crippen molar-refractivity contribution in [3.05, 3.63) is 40.6 Å². The van der Waals surface area contributed by atoms with Gasteiger partial charge in [0, 0.05) is 30.1 Å². The number of carbonyl (C=O) groups is 2. The number of amides is 2. The summed E-state index contributed by atoms with van der Waals surface area (Å²) in [6, 6.07) is 8.95. The van der Waals surface area contributed by atoms with E-state index in [1.807, 2.05) is 17.5 Å². The second-order valence-corrected chi connectivity index (χ2v) is 6.81. The number of thiophene rings is 1. The monoisotopic (exact) mass is 344 g/mol. The fourth-order valence-corrected chi connectivity index (χ4v) is 4.10. The van der Waals surface area contributed by atoms with E-state index in [4.69, 9.17) is 9.47 Å². The Morgan fingerprint density at radius 3 is 2.92 bits per heavy atom. The van der Waals surface area contributed by atoms with Gasteiger partial charge >= 0.3 is 0 Å². The van der Waals surface area contributed by atoms with E-state index in [-0.39, 0.29) is 31.1 Å². The van der Waals surface area contributed by atoms with Crippen LogP contribution in [0.5, 0.6) is 11.5 Å². The molecule has 0 aliphatic carbocycles. The molecule has 2 aliphatic heterocycles. The summed E-state index contributed by atoms with van der Waals surface area (Å²) < 4.78 is 10.6. The Morgan fingerprint density at radius 2 is 2.12 bits per heavy atom. The van der Waals surface area contributed by atoms with Crippen molar-refractivity contribution < 1.29 is 19.1 Å². The van der Waals surface area contributed by atoms with E-state index in [1.165, 1.54) is 0 Å². The summed E-state index contributed by atoms with van der Waals surface area (Å²) in [5.74, 6) is 0.693. The number of rotatable bonds is 3. The van der Waals surface area contributed by atoms with Crippen LogP contribution in [0.25, 0.3) is 0 Å². The molecule has 1 aromatic heterocycles. The average molecular weight is 344 g/mol. The first kappa shape index (κ1) is 15.0. The summed E-state index contributed by atoms with van der Waals surface area (Å²) in [6.45, 7) is 0.190. The van der Waals surface area contributed by atoms with E-state index < -0.39 is 5.92 Å². The molecule has 2 amide bonds. The first-order valence-electron chi connectivity index (χ1n) is 7.63. The smallest absolute Gasteiger partial charge is 0.231 e. The number of hydrogen-bond acceptors (Lipinski definition) is 5. The Morgan fingerprint density at radius 1 is 1.29 bits per heavy atom. The van der Waals surface area contributed by atoms with Gasteiger partial charge in [0.05, 0.1) is 12.0 Å². The van der Waals surface area contributed by atoms with Gasteiger partial charge in [0.25, 0.3) is 0 Å². The molecule has 1 saturated heterocycles. The maximum absolute atomic E-state index is 12.8. The van der Waals surface area contributed by atoms with Crippen molar-refractivity contribution in [2.75, 3.05) is 19.2 Å². The highest BCUT2D eigenvalue weighted by atomic mass is 32.1. The minimum absolute atomic E-state index is 0.0146. The largest absolute Gasteiger partial charge is 0.454 e. The van der Waals surface area contributed by atoms with E-state index in [2.05, 4.69) is 5.32 Å². The summed E-state index contributed by atoms with van der Waals surface area (Å²) in [6.07, 6.45) is 0.218. The zero-order valence-electron chi connectivity index (χ0n) is 13.0. The number of carbonyl (C=O) groups excluding carboxylic acids is 2. The molecule has 24 heavy (non-hydrogen) atoms. The van der Waals surface area contributed by atoms with Crippen molar-refractivity contribution in [2.45, 2.75) is 12.5 Å². The van der Waals surface area contributed by atoms with Crippen LogP contribution < -0.4 is 14.8 Å². The van der Waals surface area contributed by atoms with Gasteiger partial charge in [-0.05, 0) is 23.6 Å². The van der Waals surface area contributed by atoms with Gasteiger partial charge in [-0.2, -0.15) is 0 Å². The predicted molar refractivity (Wildman–Crippen MR) is 89.1 cm³/mol. The molecule has 6 nitrogen and oxygen atoms in total. The summed E-state index contributed by atoms with van der Waals surface area (Å²) in [5.41, 5.74) is 0.635. The van der Waals surface area contributed by atoms with Crippen molar-refractivity contribution in [1.82, 2.24) is 4.90 Å². The average Bonchev–Trinajstić information content (AvgIpc) is 3.28. The van der Waals surface area contributed by atoms with Crippen LogP contribution in [-0.4, -0.2) is 30.6 Å². The lowest BCUT2D eigenvalue weighted by Crippen LogP contribution is -2.29. The maximum atomic E-state index is 12.8. The highest BCUT2D eigenvalue weighted by molar-refractivity contribution is 7.10. The molecule has 1 N–H and O–H groups in total. The minimum Gasteiger partial charge on any atom is -0.454 e. The van der Waals surface area contributed by atoms with Crippen molar-refractivity contribution in [2.24, 2.45) is 5.92 Å². The van der Waals surface area contributed by atoms with Gasteiger partial charge in [-0.1, -0.05) is 6.07 Å². The number of likely N-dealkylation sites (tertiary alicyclic amines) is 1. The standard InChI is InChI=1S/C17H16N2O4S/c1-19-15(20)8-11(16(19)14-3-2-6-24-14)17(21)18-10-4-5-12-13(7-10)23-9-22-12/h2-7,11,16H,8-9H2,1H3,(H,18,21)/t11-,16-/m0/s1. The quantitative estimate of drug-likeness (QED) is 0.929. The number of hydrogen-bond donors (Lipinski definition) is 1. The number of fused-ring (bicyclic) bond motifs is 1. The first-order valence-corrected chi connectivity index (χ1v) is 8.51.